The van der Waals surface area contributed by atoms with Crippen LogP contribution in [0.1, 0.15) is 44.2 Å². The fourth-order valence-electron chi connectivity index (χ4n) is 3.69. The molecular weight excluding hydrogens is 236 g/mol. The molecule has 3 rings (SSSR count). The smallest absolute Gasteiger partial charge is 0.0948 e. The van der Waals surface area contributed by atoms with Gasteiger partial charge in [-0.15, -0.1) is 0 Å². The van der Waals surface area contributed by atoms with E-state index in [9.17, 15) is 0 Å². The van der Waals surface area contributed by atoms with Crippen molar-refractivity contribution in [1.29, 1.82) is 0 Å². The fourth-order valence-corrected chi connectivity index (χ4v) is 3.69. The van der Waals surface area contributed by atoms with E-state index in [-0.39, 0.29) is 0 Å². The maximum atomic E-state index is 4.41. The highest BCUT2D eigenvalue weighted by Gasteiger charge is 2.25. The predicted molar refractivity (Wildman–Crippen MR) is 77.3 cm³/mol. The molecule has 2 aliphatic rings. The molecule has 3 heterocycles. The van der Waals surface area contributed by atoms with Crippen LogP contribution in [0.5, 0.6) is 0 Å². The molecule has 0 saturated carbocycles. The third kappa shape index (κ3) is 2.84. The van der Waals surface area contributed by atoms with Crippen molar-refractivity contribution in [3.05, 3.63) is 18.2 Å². The molecule has 1 aromatic heterocycles. The van der Waals surface area contributed by atoms with E-state index in [2.05, 4.69) is 32.9 Å². The number of likely N-dealkylation sites (tertiary alicyclic amines) is 1. The van der Waals surface area contributed by atoms with E-state index >= 15 is 0 Å². The minimum Gasteiger partial charge on any atom is -0.333 e. The molecule has 0 aliphatic carbocycles. The minimum atomic E-state index is 0.709. The van der Waals surface area contributed by atoms with E-state index in [1.54, 1.807) is 0 Å². The molecule has 0 aromatic carbocycles. The molecule has 0 spiro atoms. The standard InChI is InChI=1S/C15H26N4/c1-2-18-9-3-4-14(18)11-19-12-17-10-15(19)13-5-7-16-8-6-13/h10,12-14,16H,2-9,11H2,1H3. The highest BCUT2D eigenvalue weighted by molar-refractivity contribution is 5.08. The van der Waals surface area contributed by atoms with Crippen LogP contribution in [0.3, 0.4) is 0 Å². The summed E-state index contributed by atoms with van der Waals surface area (Å²) in [6, 6.07) is 0.722. The highest BCUT2D eigenvalue weighted by atomic mass is 15.2. The average molecular weight is 262 g/mol. The first-order chi connectivity index (χ1) is 9.38. The Labute approximate surface area is 116 Å². The molecule has 1 N–H and O–H groups in total. The molecule has 1 aromatic rings. The van der Waals surface area contributed by atoms with Gasteiger partial charge < -0.3 is 9.88 Å². The minimum absolute atomic E-state index is 0.709. The lowest BCUT2D eigenvalue weighted by atomic mass is 9.95. The topological polar surface area (TPSA) is 33.1 Å². The zero-order valence-corrected chi connectivity index (χ0v) is 12.0. The number of piperidine rings is 1. The summed E-state index contributed by atoms with van der Waals surface area (Å²) in [5.74, 6) is 0.709. The average Bonchev–Trinajstić information content (AvgIpc) is 3.09. The second-order valence-electron chi connectivity index (χ2n) is 5.92. The highest BCUT2D eigenvalue weighted by Crippen LogP contribution is 2.26. The van der Waals surface area contributed by atoms with E-state index in [1.807, 2.05) is 6.33 Å². The van der Waals surface area contributed by atoms with Crippen LogP contribution in [0, 0.1) is 0 Å². The molecule has 2 fully saturated rings. The van der Waals surface area contributed by atoms with Crippen LogP contribution in [-0.2, 0) is 6.54 Å². The third-order valence-corrected chi connectivity index (χ3v) is 4.81. The Bertz CT molecular complexity index is 395. The van der Waals surface area contributed by atoms with Gasteiger partial charge in [-0.3, -0.25) is 4.90 Å². The summed E-state index contributed by atoms with van der Waals surface area (Å²) in [5, 5.41) is 3.45. The number of nitrogens with zero attached hydrogens (tertiary/aromatic N) is 3. The SMILES string of the molecule is CCN1CCCC1Cn1cncc1C1CCNCC1. The Morgan fingerprint density at radius 1 is 1.32 bits per heavy atom. The van der Waals surface area contributed by atoms with Gasteiger partial charge in [0.15, 0.2) is 0 Å². The van der Waals surface area contributed by atoms with E-state index < -0.39 is 0 Å². The van der Waals surface area contributed by atoms with E-state index in [0.29, 0.717) is 5.92 Å². The number of nitrogens with one attached hydrogen (secondary N) is 1. The molecule has 1 unspecified atom stereocenters. The Morgan fingerprint density at radius 2 is 2.16 bits per heavy atom. The lowest BCUT2D eigenvalue weighted by Crippen LogP contribution is -2.34. The summed E-state index contributed by atoms with van der Waals surface area (Å²) in [5.41, 5.74) is 1.46. The Hall–Kier alpha value is -0.870. The summed E-state index contributed by atoms with van der Waals surface area (Å²) in [4.78, 5) is 7.03. The maximum Gasteiger partial charge on any atom is 0.0948 e. The molecule has 106 valence electrons. The van der Waals surface area contributed by atoms with Crippen LogP contribution in [0.4, 0.5) is 0 Å². The summed E-state index contributed by atoms with van der Waals surface area (Å²) < 4.78 is 2.43. The van der Waals surface area contributed by atoms with Gasteiger partial charge in [0.1, 0.15) is 0 Å². The molecule has 1 atom stereocenters. The quantitative estimate of drug-likeness (QED) is 0.899. The number of aromatic nitrogens is 2. The fraction of sp³-hybridized carbons (Fsp3) is 0.800. The lowest BCUT2D eigenvalue weighted by Gasteiger charge is -2.27. The van der Waals surface area contributed by atoms with Gasteiger partial charge in [0.25, 0.3) is 0 Å². The Morgan fingerprint density at radius 3 is 2.95 bits per heavy atom. The Balaban J connectivity index is 1.69. The van der Waals surface area contributed by atoms with Crippen molar-refractivity contribution < 1.29 is 0 Å². The summed E-state index contributed by atoms with van der Waals surface area (Å²) >= 11 is 0. The first-order valence-corrected chi connectivity index (χ1v) is 7.83. The lowest BCUT2D eigenvalue weighted by molar-refractivity contribution is 0.241. The van der Waals surface area contributed by atoms with Crippen LogP contribution in [0.2, 0.25) is 0 Å². The first kappa shape index (κ1) is 13.1. The van der Waals surface area contributed by atoms with Crippen molar-refractivity contribution in [2.24, 2.45) is 0 Å². The normalized spacial score (nSPS) is 26.1. The van der Waals surface area contributed by atoms with Crippen molar-refractivity contribution in [3.63, 3.8) is 0 Å². The molecule has 4 heteroatoms. The molecule has 0 bridgehead atoms. The zero-order valence-electron chi connectivity index (χ0n) is 12.0. The van der Waals surface area contributed by atoms with Gasteiger partial charge in [-0.25, -0.2) is 4.98 Å². The van der Waals surface area contributed by atoms with Gasteiger partial charge in [-0.2, -0.15) is 0 Å². The summed E-state index contributed by atoms with van der Waals surface area (Å²) in [6.45, 7) is 8.17. The van der Waals surface area contributed by atoms with Crippen molar-refractivity contribution in [1.82, 2.24) is 19.8 Å². The third-order valence-electron chi connectivity index (χ3n) is 4.81. The molecular formula is C15H26N4. The van der Waals surface area contributed by atoms with Crippen LogP contribution in [0.15, 0.2) is 12.5 Å². The second-order valence-corrected chi connectivity index (χ2v) is 5.92. The number of hydrogen-bond acceptors (Lipinski definition) is 3. The number of likely N-dealkylation sites (N-methyl/N-ethyl adjacent to an activating group) is 1. The summed E-state index contributed by atoms with van der Waals surface area (Å²) in [7, 11) is 0. The van der Waals surface area contributed by atoms with E-state index in [1.165, 1.54) is 44.5 Å². The van der Waals surface area contributed by atoms with Gasteiger partial charge in [-0.1, -0.05) is 6.92 Å². The maximum absolute atomic E-state index is 4.41. The van der Waals surface area contributed by atoms with Crippen LogP contribution < -0.4 is 5.32 Å². The zero-order chi connectivity index (χ0) is 13.1. The van der Waals surface area contributed by atoms with Crippen molar-refractivity contribution in [3.8, 4) is 0 Å². The largest absolute Gasteiger partial charge is 0.333 e. The van der Waals surface area contributed by atoms with Crippen LogP contribution >= 0.6 is 0 Å². The predicted octanol–water partition coefficient (Wildman–Crippen LogP) is 1.83. The first-order valence-electron chi connectivity index (χ1n) is 7.83. The number of rotatable bonds is 4. The van der Waals surface area contributed by atoms with Gasteiger partial charge in [-0.05, 0) is 51.9 Å². The van der Waals surface area contributed by atoms with E-state index in [4.69, 9.17) is 0 Å². The molecule has 2 aliphatic heterocycles. The van der Waals surface area contributed by atoms with Gasteiger partial charge in [0.05, 0.1) is 6.33 Å². The molecule has 4 nitrogen and oxygen atoms in total. The van der Waals surface area contributed by atoms with E-state index in [0.717, 1.165) is 25.7 Å². The van der Waals surface area contributed by atoms with Gasteiger partial charge in [0.2, 0.25) is 0 Å². The van der Waals surface area contributed by atoms with Gasteiger partial charge in [0, 0.05) is 30.4 Å². The number of hydrogen-bond donors (Lipinski definition) is 1. The van der Waals surface area contributed by atoms with Crippen molar-refractivity contribution in [2.75, 3.05) is 26.2 Å². The van der Waals surface area contributed by atoms with Crippen LogP contribution in [0.25, 0.3) is 0 Å². The Kier molecular flexibility index (Phi) is 4.18. The number of imidazole rings is 1. The van der Waals surface area contributed by atoms with Crippen molar-refractivity contribution in [2.45, 2.75) is 51.1 Å². The van der Waals surface area contributed by atoms with Crippen LogP contribution in [-0.4, -0.2) is 46.7 Å². The summed E-state index contributed by atoms with van der Waals surface area (Å²) in [6.07, 6.45) is 9.36. The molecule has 0 amide bonds. The molecule has 2 saturated heterocycles. The van der Waals surface area contributed by atoms with Gasteiger partial charge >= 0.3 is 0 Å². The molecule has 0 radical (unpaired) electrons. The monoisotopic (exact) mass is 262 g/mol. The second kappa shape index (κ2) is 6.06. The molecule has 19 heavy (non-hydrogen) atoms. The van der Waals surface area contributed by atoms with Crippen molar-refractivity contribution >= 4 is 0 Å².